The average Bonchev–Trinajstić information content (AvgIpc) is 3.06. The molecule has 2 heterocycles. The van der Waals surface area contributed by atoms with Crippen LogP contribution in [0.1, 0.15) is 17.8 Å². The Hall–Kier alpha value is -1.53. The topological polar surface area (TPSA) is 70.7 Å². The van der Waals surface area contributed by atoms with Crippen molar-refractivity contribution >= 4 is 11.3 Å². The van der Waals surface area contributed by atoms with Crippen molar-refractivity contribution in [1.29, 1.82) is 0 Å². The maximum Gasteiger partial charge on any atom is 0.248 e. The maximum absolute atomic E-state index is 11.2. The van der Waals surface area contributed by atoms with Crippen molar-refractivity contribution in [2.24, 2.45) is 0 Å². The van der Waals surface area contributed by atoms with E-state index >= 15 is 0 Å². The van der Waals surface area contributed by atoms with E-state index in [2.05, 4.69) is 20.5 Å². The Kier molecular flexibility index (Phi) is 3.21. The maximum atomic E-state index is 11.2. The molecule has 1 aliphatic carbocycles. The summed E-state index contributed by atoms with van der Waals surface area (Å²) in [5.41, 5.74) is 0.720. The minimum Gasteiger partial charge on any atom is -0.329 e. The van der Waals surface area contributed by atoms with Gasteiger partial charge >= 0.3 is 0 Å². The van der Waals surface area contributed by atoms with Crippen LogP contribution in [-0.2, 0) is 6.42 Å². The molecule has 3 rings (SSSR count). The largest absolute Gasteiger partial charge is 0.329 e. The first kappa shape index (κ1) is 11.6. The van der Waals surface area contributed by atoms with Crippen LogP contribution in [0.2, 0.25) is 0 Å². The van der Waals surface area contributed by atoms with E-state index < -0.39 is 0 Å². The molecule has 0 aromatic carbocycles. The van der Waals surface area contributed by atoms with E-state index in [1.807, 2.05) is 6.07 Å². The Balaban J connectivity index is 1.66. The number of hydrogen-bond acceptors (Lipinski definition) is 5. The van der Waals surface area contributed by atoms with Crippen LogP contribution in [0, 0.1) is 0 Å². The predicted octanol–water partition coefficient (Wildman–Crippen LogP) is 1.19. The third-order valence-corrected chi connectivity index (χ3v) is 3.87. The smallest absolute Gasteiger partial charge is 0.248 e. The van der Waals surface area contributed by atoms with E-state index in [-0.39, 0.29) is 5.56 Å². The normalized spacial score (nSPS) is 14.9. The molecule has 0 saturated heterocycles. The summed E-state index contributed by atoms with van der Waals surface area (Å²) in [5, 5.41) is 13.6. The standard InChI is InChI=1S/C12H14N4OS/c17-10-7-8(3-5-14-10)12-16-15-11(18-12)4-6-13-9-1-2-9/h3,5,7,9,13H,1-2,4,6H2,(H,14,17). The Morgan fingerprint density at radius 1 is 1.44 bits per heavy atom. The van der Waals surface area contributed by atoms with Gasteiger partial charge in [0.15, 0.2) is 0 Å². The summed E-state index contributed by atoms with van der Waals surface area (Å²) >= 11 is 1.55. The molecule has 0 amide bonds. The van der Waals surface area contributed by atoms with Gasteiger partial charge in [-0.05, 0) is 18.9 Å². The fourth-order valence-electron chi connectivity index (χ4n) is 1.72. The second-order valence-electron chi connectivity index (χ2n) is 4.42. The summed E-state index contributed by atoms with van der Waals surface area (Å²) in [6.45, 7) is 0.953. The van der Waals surface area contributed by atoms with Crippen LogP contribution in [0.3, 0.4) is 0 Å². The van der Waals surface area contributed by atoms with Gasteiger partial charge in [0.2, 0.25) is 5.56 Å². The number of nitrogens with one attached hydrogen (secondary N) is 2. The van der Waals surface area contributed by atoms with Crippen LogP contribution < -0.4 is 10.9 Å². The second-order valence-corrected chi connectivity index (χ2v) is 5.48. The fraction of sp³-hybridized carbons (Fsp3) is 0.417. The number of rotatable bonds is 5. The van der Waals surface area contributed by atoms with Gasteiger partial charge in [-0.3, -0.25) is 4.79 Å². The molecule has 2 aromatic heterocycles. The van der Waals surface area contributed by atoms with E-state index in [1.165, 1.54) is 12.8 Å². The molecule has 1 saturated carbocycles. The molecule has 0 spiro atoms. The van der Waals surface area contributed by atoms with Crippen molar-refractivity contribution in [1.82, 2.24) is 20.5 Å². The molecule has 2 aromatic rings. The summed E-state index contributed by atoms with van der Waals surface area (Å²) in [6.07, 6.45) is 5.13. The third-order valence-electron chi connectivity index (χ3n) is 2.84. The Morgan fingerprint density at radius 3 is 3.11 bits per heavy atom. The average molecular weight is 262 g/mol. The Morgan fingerprint density at radius 2 is 2.33 bits per heavy atom. The van der Waals surface area contributed by atoms with Crippen molar-refractivity contribution in [2.45, 2.75) is 25.3 Å². The number of hydrogen-bond donors (Lipinski definition) is 2. The molecule has 1 fully saturated rings. The van der Waals surface area contributed by atoms with E-state index in [1.54, 1.807) is 23.6 Å². The van der Waals surface area contributed by atoms with Crippen LogP contribution in [0.25, 0.3) is 10.6 Å². The molecule has 0 atom stereocenters. The quantitative estimate of drug-likeness (QED) is 0.849. The zero-order valence-corrected chi connectivity index (χ0v) is 10.7. The van der Waals surface area contributed by atoms with Crippen LogP contribution in [0.5, 0.6) is 0 Å². The highest BCUT2D eigenvalue weighted by atomic mass is 32.1. The van der Waals surface area contributed by atoms with E-state index in [0.717, 1.165) is 34.6 Å². The van der Waals surface area contributed by atoms with Gasteiger partial charge in [-0.1, -0.05) is 11.3 Å². The Bertz CT molecular complexity index is 588. The highest BCUT2D eigenvalue weighted by molar-refractivity contribution is 7.14. The molecular weight excluding hydrogens is 248 g/mol. The zero-order valence-electron chi connectivity index (χ0n) is 9.85. The lowest BCUT2D eigenvalue weighted by Crippen LogP contribution is -2.19. The highest BCUT2D eigenvalue weighted by Crippen LogP contribution is 2.22. The minimum absolute atomic E-state index is 0.111. The number of aromatic nitrogens is 3. The lowest BCUT2D eigenvalue weighted by molar-refractivity contribution is 0.677. The summed E-state index contributed by atoms with van der Waals surface area (Å²) in [7, 11) is 0. The van der Waals surface area contributed by atoms with Gasteiger partial charge in [0.25, 0.3) is 0 Å². The molecule has 0 aliphatic heterocycles. The van der Waals surface area contributed by atoms with Gasteiger partial charge in [-0.25, -0.2) is 0 Å². The van der Waals surface area contributed by atoms with Crippen LogP contribution in [0.15, 0.2) is 23.1 Å². The van der Waals surface area contributed by atoms with Crippen LogP contribution in [0.4, 0.5) is 0 Å². The third kappa shape index (κ3) is 2.83. The molecule has 94 valence electrons. The lowest BCUT2D eigenvalue weighted by Gasteiger charge is -1.97. The van der Waals surface area contributed by atoms with Crippen molar-refractivity contribution in [2.75, 3.05) is 6.54 Å². The molecular formula is C12H14N4OS. The van der Waals surface area contributed by atoms with Gasteiger partial charge in [-0.2, -0.15) is 0 Å². The summed E-state index contributed by atoms with van der Waals surface area (Å²) in [4.78, 5) is 13.8. The van der Waals surface area contributed by atoms with E-state index in [9.17, 15) is 4.79 Å². The fourth-order valence-corrected chi connectivity index (χ4v) is 2.56. The van der Waals surface area contributed by atoms with Crippen molar-refractivity contribution in [3.05, 3.63) is 33.7 Å². The lowest BCUT2D eigenvalue weighted by atomic mass is 10.3. The molecule has 5 nitrogen and oxygen atoms in total. The second kappa shape index (κ2) is 4.99. The van der Waals surface area contributed by atoms with Gasteiger partial charge in [-0.15, -0.1) is 10.2 Å². The monoisotopic (exact) mass is 262 g/mol. The first-order chi connectivity index (χ1) is 8.81. The summed E-state index contributed by atoms with van der Waals surface area (Å²) in [6, 6.07) is 4.12. The molecule has 6 heteroatoms. The minimum atomic E-state index is -0.111. The number of nitrogens with zero attached hydrogens (tertiary/aromatic N) is 2. The van der Waals surface area contributed by atoms with E-state index in [4.69, 9.17) is 0 Å². The SMILES string of the molecule is O=c1cc(-c2nnc(CCNC3CC3)s2)cc[nH]1. The first-order valence-corrected chi connectivity index (χ1v) is 6.88. The molecule has 0 unspecified atom stereocenters. The van der Waals surface area contributed by atoms with Gasteiger partial charge < -0.3 is 10.3 Å². The summed E-state index contributed by atoms with van der Waals surface area (Å²) < 4.78 is 0. The first-order valence-electron chi connectivity index (χ1n) is 6.06. The molecule has 2 N–H and O–H groups in total. The van der Waals surface area contributed by atoms with Crippen molar-refractivity contribution < 1.29 is 0 Å². The van der Waals surface area contributed by atoms with Crippen LogP contribution >= 0.6 is 11.3 Å². The predicted molar refractivity (Wildman–Crippen MR) is 70.7 cm³/mol. The summed E-state index contributed by atoms with van der Waals surface area (Å²) in [5.74, 6) is 0. The highest BCUT2D eigenvalue weighted by Gasteiger charge is 2.19. The molecule has 0 bridgehead atoms. The van der Waals surface area contributed by atoms with Crippen molar-refractivity contribution in [3.8, 4) is 10.6 Å². The molecule has 0 radical (unpaired) electrons. The van der Waals surface area contributed by atoms with Crippen molar-refractivity contribution in [3.63, 3.8) is 0 Å². The molecule has 18 heavy (non-hydrogen) atoms. The molecule has 1 aliphatic rings. The number of aromatic amines is 1. The number of pyridine rings is 1. The van der Waals surface area contributed by atoms with Gasteiger partial charge in [0.1, 0.15) is 10.0 Å². The van der Waals surface area contributed by atoms with Gasteiger partial charge in [0.05, 0.1) is 0 Å². The van der Waals surface area contributed by atoms with Gasteiger partial charge in [0, 0.05) is 36.8 Å². The number of H-pyrrole nitrogens is 1. The van der Waals surface area contributed by atoms with Crippen LogP contribution in [-0.4, -0.2) is 27.8 Å². The zero-order chi connectivity index (χ0) is 12.4. The van der Waals surface area contributed by atoms with E-state index in [0.29, 0.717) is 0 Å². The Labute approximate surface area is 108 Å².